The van der Waals surface area contributed by atoms with Crippen molar-refractivity contribution in [2.24, 2.45) is 0 Å². The molecule has 1 N–H and O–H groups in total. The molecule has 0 spiro atoms. The first kappa shape index (κ1) is 12.4. The number of hydrogen-bond donors (Lipinski definition) is 1. The summed E-state index contributed by atoms with van der Waals surface area (Å²) in [6.07, 6.45) is 0. The van der Waals surface area contributed by atoms with Crippen LogP contribution in [0.15, 0.2) is 35.1 Å². The van der Waals surface area contributed by atoms with E-state index in [4.69, 9.17) is 11.6 Å². The van der Waals surface area contributed by atoms with Gasteiger partial charge in [0.2, 0.25) is 5.78 Å². The number of fused-ring (bicyclic) bond motifs is 4. The van der Waals surface area contributed by atoms with E-state index in [0.29, 0.717) is 21.7 Å². The normalized spacial score (nSPS) is 11.8. The highest BCUT2D eigenvalue weighted by Gasteiger charge is 2.12. The second-order valence-corrected chi connectivity index (χ2v) is 5.75. The second-order valence-electron chi connectivity index (χ2n) is 5.32. The third-order valence-corrected chi connectivity index (χ3v) is 4.17. The van der Waals surface area contributed by atoms with Crippen molar-refractivity contribution in [1.82, 2.24) is 14.4 Å². The van der Waals surface area contributed by atoms with Crippen molar-refractivity contribution >= 4 is 39.3 Å². The number of aromatic amines is 1. The average molecular weight is 298 g/mol. The maximum atomic E-state index is 12.7. The summed E-state index contributed by atoms with van der Waals surface area (Å²) in [7, 11) is 0. The van der Waals surface area contributed by atoms with E-state index in [1.54, 1.807) is 22.6 Å². The van der Waals surface area contributed by atoms with E-state index in [2.05, 4.69) is 9.97 Å². The SMILES string of the molecule is Cc1cc2[nH]c3nc4cc(Cl)ccc4c(=O)n3c2cc1C. The van der Waals surface area contributed by atoms with Gasteiger partial charge in [-0.25, -0.2) is 9.38 Å². The van der Waals surface area contributed by atoms with Crippen LogP contribution in [0, 0.1) is 13.8 Å². The Morgan fingerprint density at radius 1 is 1.14 bits per heavy atom. The molecule has 0 unspecified atom stereocenters. The summed E-state index contributed by atoms with van der Waals surface area (Å²) in [5.41, 5.74) is 4.60. The summed E-state index contributed by atoms with van der Waals surface area (Å²) in [6.45, 7) is 4.08. The highest BCUT2D eigenvalue weighted by atomic mass is 35.5. The van der Waals surface area contributed by atoms with E-state index in [9.17, 15) is 4.79 Å². The van der Waals surface area contributed by atoms with E-state index < -0.39 is 0 Å². The number of rotatable bonds is 0. The minimum absolute atomic E-state index is 0.0823. The first-order chi connectivity index (χ1) is 10.0. The highest BCUT2D eigenvalue weighted by molar-refractivity contribution is 6.31. The fourth-order valence-electron chi connectivity index (χ4n) is 2.67. The Kier molecular flexibility index (Phi) is 2.41. The van der Waals surface area contributed by atoms with Crippen molar-refractivity contribution in [3.63, 3.8) is 0 Å². The van der Waals surface area contributed by atoms with Crippen molar-refractivity contribution in [2.45, 2.75) is 13.8 Å². The first-order valence-corrected chi connectivity index (χ1v) is 7.03. The zero-order valence-corrected chi connectivity index (χ0v) is 12.3. The monoisotopic (exact) mass is 297 g/mol. The van der Waals surface area contributed by atoms with Gasteiger partial charge in [-0.15, -0.1) is 0 Å². The van der Waals surface area contributed by atoms with Crippen molar-refractivity contribution < 1.29 is 0 Å². The number of benzene rings is 2. The predicted octanol–water partition coefficient (Wildman–Crippen LogP) is 3.60. The lowest BCUT2D eigenvalue weighted by Crippen LogP contribution is -2.14. The van der Waals surface area contributed by atoms with Gasteiger partial charge in [-0.05, 0) is 55.3 Å². The smallest absolute Gasteiger partial charge is 0.267 e. The molecule has 0 atom stereocenters. The van der Waals surface area contributed by atoms with Crippen LogP contribution in [0.2, 0.25) is 5.02 Å². The van der Waals surface area contributed by atoms with E-state index >= 15 is 0 Å². The maximum absolute atomic E-state index is 12.7. The molecule has 104 valence electrons. The van der Waals surface area contributed by atoms with Gasteiger partial charge < -0.3 is 4.98 Å². The standard InChI is InChI=1S/C16H12ClN3O/c1-8-5-13-14(6-9(8)2)20-15(21)11-4-3-10(17)7-12(11)18-16(20)19-13/h3-7H,1-2H3,(H,18,19). The van der Waals surface area contributed by atoms with E-state index in [-0.39, 0.29) is 5.56 Å². The lowest BCUT2D eigenvalue weighted by molar-refractivity contribution is 1.12. The Labute approximate surface area is 125 Å². The van der Waals surface area contributed by atoms with Gasteiger partial charge in [0, 0.05) is 5.02 Å². The largest absolute Gasteiger partial charge is 0.323 e. The van der Waals surface area contributed by atoms with Crippen LogP contribution in [0.1, 0.15) is 11.1 Å². The zero-order chi connectivity index (χ0) is 14.7. The molecule has 0 radical (unpaired) electrons. The van der Waals surface area contributed by atoms with Gasteiger partial charge in [0.05, 0.1) is 21.9 Å². The van der Waals surface area contributed by atoms with Crippen LogP contribution in [0.5, 0.6) is 0 Å². The third-order valence-electron chi connectivity index (χ3n) is 3.93. The topological polar surface area (TPSA) is 50.2 Å². The van der Waals surface area contributed by atoms with Gasteiger partial charge in [0.15, 0.2) is 0 Å². The molecule has 0 aliphatic heterocycles. The molecule has 0 amide bonds. The quantitative estimate of drug-likeness (QED) is 0.539. The molecule has 21 heavy (non-hydrogen) atoms. The molecule has 2 aromatic heterocycles. The molecular weight excluding hydrogens is 286 g/mol. The van der Waals surface area contributed by atoms with Crippen LogP contribution in [0.4, 0.5) is 0 Å². The number of aromatic nitrogens is 3. The van der Waals surface area contributed by atoms with Gasteiger partial charge in [0.1, 0.15) is 0 Å². The number of halogens is 1. The molecule has 0 saturated carbocycles. The number of nitrogens with one attached hydrogen (secondary N) is 1. The molecular formula is C16H12ClN3O. The lowest BCUT2D eigenvalue weighted by Gasteiger charge is -2.01. The van der Waals surface area contributed by atoms with Crippen LogP contribution < -0.4 is 5.56 Å². The fourth-order valence-corrected chi connectivity index (χ4v) is 2.84. The minimum atomic E-state index is -0.0823. The third kappa shape index (κ3) is 1.69. The summed E-state index contributed by atoms with van der Waals surface area (Å²) < 4.78 is 1.62. The molecule has 0 bridgehead atoms. The Bertz CT molecular complexity index is 1090. The second kappa shape index (κ2) is 4.09. The number of hydrogen-bond acceptors (Lipinski definition) is 2. The lowest BCUT2D eigenvalue weighted by atomic mass is 10.1. The molecule has 0 aliphatic rings. The molecule has 4 rings (SSSR count). The molecule has 0 saturated heterocycles. The highest BCUT2D eigenvalue weighted by Crippen LogP contribution is 2.21. The summed E-state index contributed by atoms with van der Waals surface area (Å²) in [5, 5.41) is 1.14. The summed E-state index contributed by atoms with van der Waals surface area (Å²) in [4.78, 5) is 20.5. The van der Waals surface area contributed by atoms with Gasteiger partial charge >= 0.3 is 0 Å². The zero-order valence-electron chi connectivity index (χ0n) is 11.6. The maximum Gasteiger partial charge on any atom is 0.267 e. The van der Waals surface area contributed by atoms with E-state index in [0.717, 1.165) is 16.6 Å². The van der Waals surface area contributed by atoms with Crippen molar-refractivity contribution in [3.8, 4) is 0 Å². The number of nitrogens with zero attached hydrogens (tertiary/aromatic N) is 2. The molecule has 4 aromatic rings. The van der Waals surface area contributed by atoms with Gasteiger partial charge in [-0.2, -0.15) is 0 Å². The average Bonchev–Trinajstić information content (AvgIpc) is 2.76. The van der Waals surface area contributed by atoms with Crippen LogP contribution in [0.3, 0.4) is 0 Å². The van der Waals surface area contributed by atoms with Crippen LogP contribution in [-0.2, 0) is 0 Å². The molecule has 2 aromatic carbocycles. The van der Waals surface area contributed by atoms with Crippen LogP contribution in [0.25, 0.3) is 27.7 Å². The van der Waals surface area contributed by atoms with Gasteiger partial charge in [-0.1, -0.05) is 11.6 Å². The van der Waals surface area contributed by atoms with Gasteiger partial charge in [-0.3, -0.25) is 4.79 Å². The summed E-state index contributed by atoms with van der Waals surface area (Å²) >= 11 is 5.98. The van der Waals surface area contributed by atoms with Crippen molar-refractivity contribution in [1.29, 1.82) is 0 Å². The predicted molar refractivity (Wildman–Crippen MR) is 85.3 cm³/mol. The molecule has 2 heterocycles. The Hall–Kier alpha value is -2.33. The molecule has 0 aliphatic carbocycles. The number of imidazole rings is 1. The van der Waals surface area contributed by atoms with Crippen molar-refractivity contribution in [3.05, 3.63) is 56.8 Å². The van der Waals surface area contributed by atoms with Crippen LogP contribution in [-0.4, -0.2) is 14.4 Å². The Morgan fingerprint density at radius 3 is 2.71 bits per heavy atom. The Morgan fingerprint density at radius 2 is 1.90 bits per heavy atom. The molecule has 4 nitrogen and oxygen atoms in total. The first-order valence-electron chi connectivity index (χ1n) is 6.65. The summed E-state index contributed by atoms with van der Waals surface area (Å²) in [5.74, 6) is 0.537. The Balaban J connectivity index is 2.28. The summed E-state index contributed by atoms with van der Waals surface area (Å²) in [6, 6.07) is 9.19. The van der Waals surface area contributed by atoms with Gasteiger partial charge in [0.25, 0.3) is 5.56 Å². The van der Waals surface area contributed by atoms with E-state index in [1.807, 2.05) is 26.0 Å². The van der Waals surface area contributed by atoms with E-state index in [1.165, 1.54) is 5.56 Å². The van der Waals surface area contributed by atoms with Crippen molar-refractivity contribution in [2.75, 3.05) is 0 Å². The van der Waals surface area contributed by atoms with Crippen LogP contribution >= 0.6 is 11.6 Å². The number of aryl methyl sites for hydroxylation is 2. The molecule has 0 fully saturated rings. The molecule has 5 heteroatoms. The number of H-pyrrole nitrogens is 1. The minimum Gasteiger partial charge on any atom is -0.323 e. The fraction of sp³-hybridized carbons (Fsp3) is 0.125.